The van der Waals surface area contributed by atoms with Crippen molar-refractivity contribution in [2.75, 3.05) is 5.33 Å². The fraction of sp³-hybridized carbons (Fsp3) is 0.333. The van der Waals surface area contributed by atoms with E-state index in [1.807, 2.05) is 0 Å². The second-order valence-electron chi connectivity index (χ2n) is 3.09. The van der Waals surface area contributed by atoms with E-state index in [9.17, 15) is 0 Å². The summed E-state index contributed by atoms with van der Waals surface area (Å²) in [5.74, 6) is 0. The lowest BCUT2D eigenvalue weighted by atomic mass is 10.0. The molecule has 1 rings (SSSR count). The number of allylic oxidation sites excluding steroid dienone is 2. The number of alkyl halides is 1. The second-order valence-corrected chi connectivity index (χ2v) is 3.65. The highest BCUT2D eigenvalue weighted by atomic mass is 79.9. The van der Waals surface area contributed by atoms with Gasteiger partial charge in [0, 0.05) is 5.33 Å². The lowest BCUT2D eigenvalue weighted by molar-refractivity contribution is 1.22. The Hall–Kier alpha value is -0.560. The van der Waals surface area contributed by atoms with Gasteiger partial charge in [0.25, 0.3) is 0 Å². The van der Waals surface area contributed by atoms with Gasteiger partial charge >= 0.3 is 0 Å². The van der Waals surface area contributed by atoms with E-state index in [4.69, 9.17) is 0 Å². The highest BCUT2D eigenvalue weighted by Crippen LogP contribution is 2.20. The summed E-state index contributed by atoms with van der Waals surface area (Å²) in [6.45, 7) is 4.32. The molecule has 1 heteroatoms. The second kappa shape index (κ2) is 5.23. The van der Waals surface area contributed by atoms with E-state index in [0.29, 0.717) is 0 Å². The van der Waals surface area contributed by atoms with E-state index in [2.05, 4.69) is 60.1 Å². The smallest absolute Gasteiger partial charge is 0.0285 e. The minimum atomic E-state index is 0.936. The normalized spacial score (nSPS) is 11.8. The molecule has 0 aliphatic heterocycles. The van der Waals surface area contributed by atoms with Gasteiger partial charge in [-0.25, -0.2) is 0 Å². The van der Waals surface area contributed by atoms with Crippen molar-refractivity contribution < 1.29 is 0 Å². The molecule has 0 nitrogen and oxygen atoms in total. The first-order valence-electron chi connectivity index (χ1n) is 4.60. The number of aryl methyl sites for hydroxylation is 1. The summed E-state index contributed by atoms with van der Waals surface area (Å²) in [5.41, 5.74) is 4.10. The number of hydrogen-bond donors (Lipinski definition) is 0. The maximum Gasteiger partial charge on any atom is 0.0285 e. The summed E-state index contributed by atoms with van der Waals surface area (Å²) in [7, 11) is 0. The van der Waals surface area contributed by atoms with Gasteiger partial charge < -0.3 is 0 Å². The van der Waals surface area contributed by atoms with Crippen LogP contribution in [0.1, 0.15) is 24.5 Å². The summed E-state index contributed by atoms with van der Waals surface area (Å²) in [4.78, 5) is 0. The largest absolute Gasteiger partial charge is 0.0876 e. The van der Waals surface area contributed by atoms with Gasteiger partial charge in [-0.05, 0) is 30.0 Å². The van der Waals surface area contributed by atoms with Crippen LogP contribution in [0.25, 0.3) is 5.57 Å². The van der Waals surface area contributed by atoms with Crippen LogP contribution in [0.4, 0.5) is 0 Å². The zero-order valence-corrected chi connectivity index (χ0v) is 9.76. The molecule has 0 spiro atoms. The molecule has 0 unspecified atom stereocenters. The summed E-state index contributed by atoms with van der Waals surface area (Å²) in [6.07, 6.45) is 3.37. The van der Waals surface area contributed by atoms with Crippen molar-refractivity contribution in [3.05, 3.63) is 41.5 Å². The minimum Gasteiger partial charge on any atom is -0.0876 e. The first-order chi connectivity index (χ1) is 6.29. The third-order valence-electron chi connectivity index (χ3n) is 2.09. The van der Waals surface area contributed by atoms with Crippen molar-refractivity contribution in [2.45, 2.75) is 20.3 Å². The third-order valence-corrected chi connectivity index (χ3v) is 2.69. The molecule has 0 N–H and O–H groups in total. The van der Waals surface area contributed by atoms with Crippen molar-refractivity contribution in [1.82, 2.24) is 0 Å². The molecule has 0 radical (unpaired) electrons. The zero-order chi connectivity index (χ0) is 9.68. The molecule has 13 heavy (non-hydrogen) atoms. The molecule has 0 atom stereocenters. The molecular weight excluding hydrogens is 224 g/mol. The average Bonchev–Trinajstić information content (AvgIpc) is 2.16. The van der Waals surface area contributed by atoms with Crippen LogP contribution in [0, 0.1) is 6.92 Å². The Labute approximate surface area is 88.8 Å². The molecule has 70 valence electrons. The molecular formula is C12H15Br. The Bertz CT molecular complexity index is 300. The number of rotatable bonds is 3. The Kier molecular flexibility index (Phi) is 4.23. The van der Waals surface area contributed by atoms with Gasteiger partial charge in [0.1, 0.15) is 0 Å². The molecule has 1 aromatic carbocycles. The summed E-state index contributed by atoms with van der Waals surface area (Å²) < 4.78 is 0. The van der Waals surface area contributed by atoms with Gasteiger partial charge in [-0.2, -0.15) is 0 Å². The quantitative estimate of drug-likeness (QED) is 0.694. The zero-order valence-electron chi connectivity index (χ0n) is 8.18. The van der Waals surface area contributed by atoms with Crippen molar-refractivity contribution in [2.24, 2.45) is 0 Å². The van der Waals surface area contributed by atoms with E-state index in [0.717, 1.165) is 11.8 Å². The summed E-state index contributed by atoms with van der Waals surface area (Å²) >= 11 is 3.52. The Morgan fingerprint density at radius 2 is 2.08 bits per heavy atom. The fourth-order valence-corrected chi connectivity index (χ4v) is 1.95. The predicted molar refractivity (Wildman–Crippen MR) is 63.2 cm³/mol. The number of benzene rings is 1. The molecule has 0 saturated carbocycles. The van der Waals surface area contributed by atoms with E-state index in [1.54, 1.807) is 0 Å². The van der Waals surface area contributed by atoms with Gasteiger partial charge in [0.2, 0.25) is 0 Å². The molecule has 0 heterocycles. The van der Waals surface area contributed by atoms with E-state index in [-0.39, 0.29) is 0 Å². The molecule has 0 fully saturated rings. The van der Waals surface area contributed by atoms with Crippen LogP contribution in [0.15, 0.2) is 30.3 Å². The van der Waals surface area contributed by atoms with Gasteiger partial charge in [-0.1, -0.05) is 53.2 Å². The minimum absolute atomic E-state index is 0.936. The third kappa shape index (κ3) is 2.70. The van der Waals surface area contributed by atoms with Crippen molar-refractivity contribution >= 4 is 21.5 Å². The first-order valence-corrected chi connectivity index (χ1v) is 5.72. The monoisotopic (exact) mass is 238 g/mol. The fourth-order valence-electron chi connectivity index (χ4n) is 1.42. The van der Waals surface area contributed by atoms with E-state index >= 15 is 0 Å². The van der Waals surface area contributed by atoms with Crippen molar-refractivity contribution in [3.8, 4) is 0 Å². The topological polar surface area (TPSA) is 0 Å². The van der Waals surface area contributed by atoms with Crippen LogP contribution < -0.4 is 0 Å². The maximum absolute atomic E-state index is 3.52. The van der Waals surface area contributed by atoms with Crippen LogP contribution in [0.3, 0.4) is 0 Å². The molecule has 0 saturated heterocycles. The van der Waals surface area contributed by atoms with Crippen molar-refractivity contribution in [3.63, 3.8) is 0 Å². The van der Waals surface area contributed by atoms with Crippen LogP contribution in [-0.2, 0) is 0 Å². The Balaban J connectivity index is 3.05. The van der Waals surface area contributed by atoms with Gasteiger partial charge in [0.05, 0.1) is 0 Å². The van der Waals surface area contributed by atoms with Gasteiger partial charge in [-0.3, -0.25) is 0 Å². The average molecular weight is 239 g/mol. The maximum atomic E-state index is 3.52. The molecule has 0 amide bonds. The van der Waals surface area contributed by atoms with E-state index in [1.165, 1.54) is 16.7 Å². The SMILES string of the molecule is CC/C=C(/CBr)c1ccccc1C. The Morgan fingerprint density at radius 3 is 2.62 bits per heavy atom. The lowest BCUT2D eigenvalue weighted by Gasteiger charge is -2.07. The highest BCUT2D eigenvalue weighted by molar-refractivity contribution is 9.09. The molecule has 0 bridgehead atoms. The molecule has 1 aromatic rings. The summed E-state index contributed by atoms with van der Waals surface area (Å²) in [5, 5.41) is 0.936. The van der Waals surface area contributed by atoms with Crippen molar-refractivity contribution in [1.29, 1.82) is 0 Å². The first kappa shape index (κ1) is 10.5. The predicted octanol–water partition coefficient (Wildman–Crippen LogP) is 4.18. The van der Waals surface area contributed by atoms with Gasteiger partial charge in [-0.15, -0.1) is 0 Å². The van der Waals surface area contributed by atoms with Crippen LogP contribution >= 0.6 is 15.9 Å². The Morgan fingerprint density at radius 1 is 1.38 bits per heavy atom. The summed E-state index contributed by atoms with van der Waals surface area (Å²) in [6, 6.07) is 8.50. The number of halogens is 1. The standard InChI is InChI=1S/C12H15Br/c1-3-6-11(9-13)12-8-5-4-7-10(12)2/h4-8H,3,9H2,1-2H3/b11-6-. The highest BCUT2D eigenvalue weighted by Gasteiger charge is 2.01. The lowest BCUT2D eigenvalue weighted by Crippen LogP contribution is -1.89. The van der Waals surface area contributed by atoms with Gasteiger partial charge in [0.15, 0.2) is 0 Å². The number of hydrogen-bond acceptors (Lipinski definition) is 0. The molecule has 0 aliphatic rings. The van der Waals surface area contributed by atoms with Crippen LogP contribution in [0.5, 0.6) is 0 Å². The van der Waals surface area contributed by atoms with E-state index < -0.39 is 0 Å². The van der Waals surface area contributed by atoms with Crippen LogP contribution in [0.2, 0.25) is 0 Å². The van der Waals surface area contributed by atoms with Crippen LogP contribution in [-0.4, -0.2) is 5.33 Å². The molecule has 0 aromatic heterocycles. The molecule has 0 aliphatic carbocycles.